The third-order valence-corrected chi connectivity index (χ3v) is 7.87. The van der Waals surface area contributed by atoms with Crippen molar-refractivity contribution in [3.05, 3.63) is 48.9 Å². The molecule has 9 heteroatoms. The molecule has 1 aromatic heterocycles. The van der Waals surface area contributed by atoms with Gasteiger partial charge in [-0.1, -0.05) is 17.7 Å². The van der Waals surface area contributed by atoms with Crippen molar-refractivity contribution in [2.45, 2.75) is 10.8 Å². The van der Waals surface area contributed by atoms with Crippen LogP contribution in [0.5, 0.6) is 0 Å². The minimum absolute atomic E-state index is 0.118. The van der Waals surface area contributed by atoms with Crippen LogP contribution >= 0.6 is 54.8 Å². The van der Waals surface area contributed by atoms with Crippen LogP contribution in [0.2, 0.25) is 5.02 Å². The van der Waals surface area contributed by atoms with Crippen molar-refractivity contribution in [1.29, 1.82) is 0 Å². The Morgan fingerprint density at radius 2 is 2.05 bits per heavy atom. The molecule has 0 aliphatic rings. The highest BCUT2D eigenvalue weighted by atomic mass is 79.9. The number of hydrogen-bond acceptors (Lipinski definition) is 3. The lowest BCUT2D eigenvalue weighted by atomic mass is 10.2. The van der Waals surface area contributed by atoms with Gasteiger partial charge in [0.15, 0.2) is 0 Å². The Kier molecular flexibility index (Phi) is 5.25. The Bertz CT molecular complexity index is 709. The Hall–Kier alpha value is 0.01000. The molecule has 20 heavy (non-hydrogen) atoms. The summed E-state index contributed by atoms with van der Waals surface area (Å²) in [6.45, 7) is -0.207. The zero-order valence-corrected chi connectivity index (χ0v) is 15.2. The monoisotopic (exact) mass is 461 g/mol. The van der Waals surface area contributed by atoms with E-state index in [9.17, 15) is 12.8 Å². The van der Waals surface area contributed by atoms with Gasteiger partial charge in [-0.2, -0.15) is 0 Å². The second-order valence-electron chi connectivity index (χ2n) is 3.71. The van der Waals surface area contributed by atoms with Gasteiger partial charge in [0.05, 0.1) is 3.79 Å². The predicted octanol–water partition coefficient (Wildman–Crippen LogP) is 4.54. The summed E-state index contributed by atoms with van der Waals surface area (Å²) in [5.41, 5.74) is 0.118. The fraction of sp³-hybridized carbons (Fsp3) is 0.0909. The highest BCUT2D eigenvalue weighted by Gasteiger charge is 2.19. The van der Waals surface area contributed by atoms with Crippen molar-refractivity contribution in [2.75, 3.05) is 0 Å². The van der Waals surface area contributed by atoms with Crippen LogP contribution in [0.15, 0.2) is 36.7 Å². The van der Waals surface area contributed by atoms with E-state index in [0.717, 1.165) is 11.3 Å². The fourth-order valence-electron chi connectivity index (χ4n) is 1.40. The molecule has 0 amide bonds. The molecule has 108 valence electrons. The number of sulfonamides is 1. The Morgan fingerprint density at radius 1 is 1.35 bits per heavy atom. The summed E-state index contributed by atoms with van der Waals surface area (Å²) in [4.78, 5) is 0. The van der Waals surface area contributed by atoms with E-state index in [1.165, 1.54) is 24.3 Å². The SMILES string of the molecule is O=S(=O)(NCc1c(F)cccc1Cl)c1cc(Br)c(Br)s1. The van der Waals surface area contributed by atoms with Crippen molar-refractivity contribution in [2.24, 2.45) is 0 Å². The van der Waals surface area contributed by atoms with Crippen LogP contribution < -0.4 is 4.72 Å². The zero-order valence-electron chi connectivity index (χ0n) is 9.66. The molecule has 0 aliphatic carbocycles. The van der Waals surface area contributed by atoms with Gasteiger partial charge < -0.3 is 0 Å². The van der Waals surface area contributed by atoms with E-state index in [0.29, 0.717) is 8.26 Å². The first kappa shape index (κ1) is 16.4. The summed E-state index contributed by atoms with van der Waals surface area (Å²) in [5.74, 6) is -0.547. The molecule has 0 fully saturated rings. The van der Waals surface area contributed by atoms with Crippen LogP contribution in [-0.2, 0) is 16.6 Å². The average Bonchev–Trinajstić information content (AvgIpc) is 2.70. The van der Waals surface area contributed by atoms with E-state index >= 15 is 0 Å². The number of rotatable bonds is 4. The van der Waals surface area contributed by atoms with Crippen LogP contribution in [0.3, 0.4) is 0 Å². The predicted molar refractivity (Wildman–Crippen MR) is 85.2 cm³/mol. The maximum absolute atomic E-state index is 13.6. The van der Waals surface area contributed by atoms with Gasteiger partial charge >= 0.3 is 0 Å². The van der Waals surface area contributed by atoms with Gasteiger partial charge in [0.2, 0.25) is 10.0 Å². The molecule has 0 unspecified atom stereocenters. The molecule has 2 aromatic rings. The van der Waals surface area contributed by atoms with Crippen LogP contribution in [0.25, 0.3) is 0 Å². The van der Waals surface area contributed by atoms with E-state index in [-0.39, 0.29) is 21.3 Å². The Balaban J connectivity index is 2.22. The van der Waals surface area contributed by atoms with Crippen molar-refractivity contribution in [3.8, 4) is 0 Å². The molecule has 0 saturated heterocycles. The maximum atomic E-state index is 13.6. The molecular formula is C11H7Br2ClFNO2S2. The normalized spacial score (nSPS) is 11.8. The Morgan fingerprint density at radius 3 is 2.60 bits per heavy atom. The zero-order chi connectivity index (χ0) is 14.9. The number of hydrogen-bond donors (Lipinski definition) is 1. The molecule has 3 nitrogen and oxygen atoms in total. The second kappa shape index (κ2) is 6.41. The van der Waals surface area contributed by atoms with Crippen molar-refractivity contribution < 1.29 is 12.8 Å². The maximum Gasteiger partial charge on any atom is 0.250 e. The van der Waals surface area contributed by atoms with E-state index in [2.05, 4.69) is 36.6 Å². The second-order valence-corrected chi connectivity index (χ2v) is 9.34. The van der Waals surface area contributed by atoms with Crippen molar-refractivity contribution in [1.82, 2.24) is 4.72 Å². The minimum atomic E-state index is -3.71. The van der Waals surface area contributed by atoms with Crippen molar-refractivity contribution >= 4 is 64.8 Å². The van der Waals surface area contributed by atoms with Crippen LogP contribution in [0.4, 0.5) is 4.39 Å². The molecule has 1 heterocycles. The molecule has 1 aromatic carbocycles. The van der Waals surface area contributed by atoms with Gasteiger partial charge in [0.1, 0.15) is 10.0 Å². The summed E-state index contributed by atoms with van der Waals surface area (Å²) in [7, 11) is -3.71. The fourth-order valence-corrected chi connectivity index (χ4v) is 5.49. The summed E-state index contributed by atoms with van der Waals surface area (Å²) < 4.78 is 41.5. The molecule has 2 rings (SSSR count). The third-order valence-electron chi connectivity index (χ3n) is 2.39. The molecule has 0 radical (unpaired) electrons. The first-order chi connectivity index (χ1) is 9.31. The topological polar surface area (TPSA) is 46.2 Å². The van der Waals surface area contributed by atoms with E-state index in [1.54, 1.807) is 0 Å². The first-order valence-corrected chi connectivity index (χ1v) is 9.45. The smallest absolute Gasteiger partial charge is 0.207 e. The lowest BCUT2D eigenvalue weighted by molar-refractivity contribution is 0.576. The summed E-state index contributed by atoms with van der Waals surface area (Å²) in [5, 5.41) is 0.182. The highest BCUT2D eigenvalue weighted by Crippen LogP contribution is 2.34. The van der Waals surface area contributed by atoms with Crippen LogP contribution in [0.1, 0.15) is 5.56 Å². The average molecular weight is 464 g/mol. The van der Waals surface area contributed by atoms with E-state index in [4.69, 9.17) is 11.6 Å². The summed E-state index contributed by atoms with van der Waals surface area (Å²) in [6.07, 6.45) is 0. The molecule has 0 bridgehead atoms. The van der Waals surface area contributed by atoms with Crippen molar-refractivity contribution in [3.63, 3.8) is 0 Å². The van der Waals surface area contributed by atoms with E-state index in [1.807, 2.05) is 0 Å². The van der Waals surface area contributed by atoms with Gasteiger partial charge in [0, 0.05) is 21.6 Å². The van der Waals surface area contributed by atoms with Gasteiger partial charge in [-0.25, -0.2) is 17.5 Å². The standard InChI is InChI=1S/C11H7Br2ClFNO2S2/c12-7-4-10(19-11(7)13)20(17,18)16-5-6-8(14)2-1-3-9(6)15/h1-4,16H,5H2. The molecule has 0 aliphatic heterocycles. The minimum Gasteiger partial charge on any atom is -0.207 e. The third kappa shape index (κ3) is 3.61. The first-order valence-electron chi connectivity index (χ1n) is 5.18. The van der Waals surface area contributed by atoms with Gasteiger partial charge in [-0.15, -0.1) is 11.3 Å². The largest absolute Gasteiger partial charge is 0.250 e. The number of thiophene rings is 1. The molecular weight excluding hydrogens is 457 g/mol. The van der Waals surface area contributed by atoms with E-state index < -0.39 is 15.8 Å². The summed E-state index contributed by atoms with van der Waals surface area (Å²) >= 11 is 13.3. The molecule has 0 saturated carbocycles. The lowest BCUT2D eigenvalue weighted by Crippen LogP contribution is -2.23. The van der Waals surface area contributed by atoms with Crippen LogP contribution in [0, 0.1) is 5.82 Å². The number of benzene rings is 1. The molecule has 1 N–H and O–H groups in total. The molecule has 0 spiro atoms. The van der Waals surface area contributed by atoms with Gasteiger partial charge in [-0.05, 0) is 50.1 Å². The highest BCUT2D eigenvalue weighted by molar-refractivity contribution is 9.13. The quantitative estimate of drug-likeness (QED) is 0.724. The number of nitrogens with one attached hydrogen (secondary N) is 1. The van der Waals surface area contributed by atoms with Gasteiger partial charge in [0.25, 0.3) is 0 Å². The lowest BCUT2D eigenvalue weighted by Gasteiger charge is -2.07. The number of halogens is 4. The van der Waals surface area contributed by atoms with Crippen LogP contribution in [-0.4, -0.2) is 8.42 Å². The van der Waals surface area contributed by atoms with Gasteiger partial charge in [-0.3, -0.25) is 0 Å². The molecule has 0 atom stereocenters. The summed E-state index contributed by atoms with van der Waals surface area (Å²) in [6, 6.07) is 5.67. The Labute approximate surface area is 141 Å².